The van der Waals surface area contributed by atoms with Crippen LogP contribution in [0.1, 0.15) is 40.8 Å². The molecule has 2 heterocycles. The first kappa shape index (κ1) is 12.7. The summed E-state index contributed by atoms with van der Waals surface area (Å²) in [6, 6.07) is 2.77. The first-order valence-electron chi connectivity index (χ1n) is 6.67. The molecule has 0 aromatic carbocycles. The molecule has 0 saturated heterocycles. The Labute approximate surface area is 117 Å². The Kier molecular flexibility index (Phi) is 3.57. The van der Waals surface area contributed by atoms with Gasteiger partial charge in [0, 0.05) is 29.4 Å². The number of hydrogen-bond acceptors (Lipinski definition) is 5. The van der Waals surface area contributed by atoms with Crippen molar-refractivity contribution in [2.45, 2.75) is 45.7 Å². The second kappa shape index (κ2) is 5.35. The zero-order valence-electron chi connectivity index (χ0n) is 11.3. The Morgan fingerprint density at radius 2 is 2.05 bits per heavy atom. The SMILES string of the molecule is Cc1cc(CNC2CC2)nc(Cc2nc(C)cs2)n1. The first-order chi connectivity index (χ1) is 9.19. The van der Waals surface area contributed by atoms with Crippen LogP contribution < -0.4 is 5.32 Å². The lowest BCUT2D eigenvalue weighted by Crippen LogP contribution is -2.17. The van der Waals surface area contributed by atoms with E-state index >= 15 is 0 Å². The lowest BCUT2D eigenvalue weighted by Gasteiger charge is -2.06. The smallest absolute Gasteiger partial charge is 0.135 e. The molecule has 100 valence electrons. The maximum atomic E-state index is 4.63. The van der Waals surface area contributed by atoms with Gasteiger partial charge in [0.25, 0.3) is 0 Å². The van der Waals surface area contributed by atoms with E-state index in [0.29, 0.717) is 6.04 Å². The predicted octanol–water partition coefficient (Wildman–Crippen LogP) is 2.39. The highest BCUT2D eigenvalue weighted by Gasteiger charge is 2.20. The largest absolute Gasteiger partial charge is 0.308 e. The number of aryl methyl sites for hydroxylation is 2. The van der Waals surface area contributed by atoms with E-state index in [9.17, 15) is 0 Å². The Morgan fingerprint density at radius 3 is 2.74 bits per heavy atom. The molecule has 0 bridgehead atoms. The van der Waals surface area contributed by atoms with Gasteiger partial charge in [0.15, 0.2) is 0 Å². The number of hydrogen-bond donors (Lipinski definition) is 1. The van der Waals surface area contributed by atoms with Gasteiger partial charge in [0.1, 0.15) is 10.8 Å². The quantitative estimate of drug-likeness (QED) is 0.909. The predicted molar refractivity (Wildman–Crippen MR) is 76.3 cm³/mol. The summed E-state index contributed by atoms with van der Waals surface area (Å²) >= 11 is 1.68. The van der Waals surface area contributed by atoms with Crippen molar-refractivity contribution >= 4 is 11.3 Å². The van der Waals surface area contributed by atoms with Gasteiger partial charge >= 0.3 is 0 Å². The van der Waals surface area contributed by atoms with E-state index < -0.39 is 0 Å². The second-order valence-electron chi connectivity index (χ2n) is 5.13. The summed E-state index contributed by atoms with van der Waals surface area (Å²) in [5, 5.41) is 6.65. The third-order valence-corrected chi connectivity index (χ3v) is 4.05. The summed E-state index contributed by atoms with van der Waals surface area (Å²) in [6.45, 7) is 4.89. The van der Waals surface area contributed by atoms with E-state index in [1.54, 1.807) is 11.3 Å². The molecule has 0 atom stereocenters. The highest BCUT2D eigenvalue weighted by molar-refractivity contribution is 7.09. The minimum Gasteiger partial charge on any atom is -0.308 e. The van der Waals surface area contributed by atoms with Gasteiger partial charge in [0.05, 0.1) is 12.1 Å². The van der Waals surface area contributed by atoms with Crippen LogP contribution in [0.25, 0.3) is 0 Å². The Hall–Kier alpha value is -1.33. The Bertz CT molecular complexity index is 575. The normalized spacial score (nSPS) is 14.8. The molecular weight excluding hydrogens is 256 g/mol. The second-order valence-corrected chi connectivity index (χ2v) is 6.07. The van der Waals surface area contributed by atoms with Crippen LogP contribution in [-0.2, 0) is 13.0 Å². The van der Waals surface area contributed by atoms with Crippen molar-refractivity contribution in [3.05, 3.63) is 39.4 Å². The monoisotopic (exact) mass is 274 g/mol. The fourth-order valence-electron chi connectivity index (χ4n) is 2.03. The number of aromatic nitrogens is 3. The fourth-order valence-corrected chi connectivity index (χ4v) is 2.79. The minimum absolute atomic E-state index is 0.709. The van der Waals surface area contributed by atoms with Crippen molar-refractivity contribution in [3.63, 3.8) is 0 Å². The van der Waals surface area contributed by atoms with E-state index in [0.717, 1.165) is 40.9 Å². The van der Waals surface area contributed by atoms with Gasteiger partial charge in [-0.2, -0.15) is 0 Å². The van der Waals surface area contributed by atoms with Crippen LogP contribution in [0.4, 0.5) is 0 Å². The molecule has 19 heavy (non-hydrogen) atoms. The average Bonchev–Trinajstić information content (AvgIpc) is 3.10. The van der Waals surface area contributed by atoms with Gasteiger partial charge in [-0.05, 0) is 32.8 Å². The van der Waals surface area contributed by atoms with Crippen molar-refractivity contribution in [3.8, 4) is 0 Å². The van der Waals surface area contributed by atoms with E-state index in [4.69, 9.17) is 0 Å². The summed E-state index contributed by atoms with van der Waals surface area (Å²) in [5.74, 6) is 0.877. The molecule has 1 N–H and O–H groups in total. The first-order valence-corrected chi connectivity index (χ1v) is 7.55. The summed E-state index contributed by atoms with van der Waals surface area (Å²) < 4.78 is 0. The number of nitrogens with one attached hydrogen (secondary N) is 1. The molecular formula is C14H18N4S. The van der Waals surface area contributed by atoms with Gasteiger partial charge in [-0.1, -0.05) is 0 Å². The molecule has 0 aliphatic heterocycles. The molecule has 2 aromatic heterocycles. The van der Waals surface area contributed by atoms with Crippen molar-refractivity contribution in [1.29, 1.82) is 0 Å². The molecule has 0 radical (unpaired) electrons. The van der Waals surface area contributed by atoms with Gasteiger partial charge < -0.3 is 5.32 Å². The molecule has 0 unspecified atom stereocenters. The summed E-state index contributed by atoms with van der Waals surface area (Å²) in [6.07, 6.45) is 3.33. The third-order valence-electron chi connectivity index (χ3n) is 3.08. The molecule has 0 amide bonds. The maximum Gasteiger partial charge on any atom is 0.135 e. The van der Waals surface area contributed by atoms with E-state index in [1.165, 1.54) is 12.8 Å². The zero-order valence-corrected chi connectivity index (χ0v) is 12.1. The van der Waals surface area contributed by atoms with Crippen molar-refractivity contribution in [1.82, 2.24) is 20.3 Å². The van der Waals surface area contributed by atoms with Crippen LogP contribution >= 0.6 is 11.3 Å². The van der Waals surface area contributed by atoms with Crippen LogP contribution in [-0.4, -0.2) is 21.0 Å². The van der Waals surface area contributed by atoms with Gasteiger partial charge in [-0.25, -0.2) is 15.0 Å². The van der Waals surface area contributed by atoms with E-state index in [-0.39, 0.29) is 0 Å². The Balaban J connectivity index is 1.72. The van der Waals surface area contributed by atoms with Crippen LogP contribution in [0, 0.1) is 13.8 Å². The third kappa shape index (κ3) is 3.58. The van der Waals surface area contributed by atoms with Crippen molar-refractivity contribution in [2.24, 2.45) is 0 Å². The van der Waals surface area contributed by atoms with Crippen LogP contribution in [0.5, 0.6) is 0 Å². The molecule has 1 saturated carbocycles. The van der Waals surface area contributed by atoms with E-state index in [1.807, 2.05) is 13.8 Å². The Morgan fingerprint density at radius 1 is 1.21 bits per heavy atom. The van der Waals surface area contributed by atoms with Crippen LogP contribution in [0.3, 0.4) is 0 Å². The molecule has 1 aliphatic rings. The average molecular weight is 274 g/mol. The standard InChI is InChI=1S/C14H18N4S/c1-9-5-12(7-15-11-3-4-11)18-13(16-9)6-14-17-10(2)8-19-14/h5,8,11,15H,3-4,6-7H2,1-2H3. The highest BCUT2D eigenvalue weighted by atomic mass is 32.1. The molecule has 1 fully saturated rings. The molecule has 3 rings (SSSR count). The van der Waals surface area contributed by atoms with Gasteiger partial charge in [-0.3, -0.25) is 0 Å². The maximum absolute atomic E-state index is 4.63. The lowest BCUT2D eigenvalue weighted by atomic mass is 10.3. The summed E-state index contributed by atoms with van der Waals surface area (Å²) in [7, 11) is 0. The molecule has 4 nitrogen and oxygen atoms in total. The van der Waals surface area contributed by atoms with Gasteiger partial charge in [0.2, 0.25) is 0 Å². The topological polar surface area (TPSA) is 50.7 Å². The molecule has 1 aliphatic carbocycles. The molecule has 2 aromatic rings. The molecule has 0 spiro atoms. The number of thiazole rings is 1. The lowest BCUT2D eigenvalue weighted by molar-refractivity contribution is 0.667. The minimum atomic E-state index is 0.709. The molecule has 5 heteroatoms. The fraction of sp³-hybridized carbons (Fsp3) is 0.500. The highest BCUT2D eigenvalue weighted by Crippen LogP contribution is 2.19. The summed E-state index contributed by atoms with van der Waals surface area (Å²) in [5.41, 5.74) is 3.19. The summed E-state index contributed by atoms with van der Waals surface area (Å²) in [4.78, 5) is 13.6. The van der Waals surface area contributed by atoms with Crippen molar-refractivity contribution < 1.29 is 0 Å². The number of nitrogens with zero attached hydrogens (tertiary/aromatic N) is 3. The van der Waals surface area contributed by atoms with Gasteiger partial charge in [-0.15, -0.1) is 11.3 Å². The zero-order chi connectivity index (χ0) is 13.2. The number of rotatable bonds is 5. The van der Waals surface area contributed by atoms with Crippen LogP contribution in [0.15, 0.2) is 11.4 Å². The van der Waals surface area contributed by atoms with Crippen molar-refractivity contribution in [2.75, 3.05) is 0 Å². The van der Waals surface area contributed by atoms with E-state index in [2.05, 4.69) is 31.7 Å². The van der Waals surface area contributed by atoms with Crippen LogP contribution in [0.2, 0.25) is 0 Å².